The summed E-state index contributed by atoms with van der Waals surface area (Å²) in [6.07, 6.45) is -0.923. The van der Waals surface area contributed by atoms with Crippen molar-refractivity contribution in [3.05, 3.63) is 56.9 Å². The Balaban J connectivity index is 2.08. The Bertz CT molecular complexity index is 1370. The molecule has 2 aromatic heterocycles. The van der Waals surface area contributed by atoms with Crippen LogP contribution in [-0.2, 0) is 13.6 Å². The van der Waals surface area contributed by atoms with Crippen molar-refractivity contribution >= 4 is 11.7 Å². The number of carbonyl (C=O) groups excluding carboxylic acids is 1. The zero-order chi connectivity index (χ0) is 23.3. The molecular weight excluding hydrogens is 419 g/mol. The first-order valence-electron chi connectivity index (χ1n) is 9.56. The summed E-state index contributed by atoms with van der Waals surface area (Å²) in [6.45, 7) is 1.46. The molecule has 4 N–H and O–H groups in total. The summed E-state index contributed by atoms with van der Waals surface area (Å²) in [5.41, 5.74) is 5.56. The minimum absolute atomic E-state index is 0.00458. The molecule has 1 amide bonds. The van der Waals surface area contributed by atoms with Crippen molar-refractivity contribution in [2.75, 3.05) is 12.8 Å². The van der Waals surface area contributed by atoms with Crippen LogP contribution in [-0.4, -0.2) is 37.7 Å². The Morgan fingerprint density at radius 3 is 2.75 bits per heavy atom. The minimum Gasteiger partial charge on any atom is -0.504 e. The second-order valence-electron chi connectivity index (χ2n) is 7.48. The highest BCUT2D eigenvalue weighted by Gasteiger charge is 2.31. The highest BCUT2D eigenvalue weighted by molar-refractivity contribution is 5.96. The van der Waals surface area contributed by atoms with Gasteiger partial charge in [-0.15, -0.1) is 0 Å². The molecule has 0 saturated heterocycles. The van der Waals surface area contributed by atoms with Crippen LogP contribution in [0.1, 0.15) is 40.3 Å². The minimum atomic E-state index is -0.923. The van der Waals surface area contributed by atoms with E-state index in [9.17, 15) is 24.3 Å². The van der Waals surface area contributed by atoms with Gasteiger partial charge in [-0.05, 0) is 25.1 Å². The first-order chi connectivity index (χ1) is 15.1. The largest absolute Gasteiger partial charge is 0.504 e. The van der Waals surface area contributed by atoms with Gasteiger partial charge in [0.1, 0.15) is 23.7 Å². The third-order valence-corrected chi connectivity index (χ3v) is 5.36. The number of hydrogen-bond donors (Lipinski definition) is 3. The standard InChI is InChI=1S/C21H19FN6O4/c1-9-12-6-10(22)4-5-11(12)21(31)27(2)8-13-15(14(7-23)28(3)26-13)16-17(29)18(32-9)19(24)25-20(16)30/h4-6,9H,8H2,1-3H3,(H4,24,25,29,30). The van der Waals surface area contributed by atoms with Gasteiger partial charge in [0, 0.05) is 25.2 Å². The number of aromatic hydroxyl groups is 1. The molecule has 1 atom stereocenters. The summed E-state index contributed by atoms with van der Waals surface area (Å²) in [7, 11) is 3.02. The highest BCUT2D eigenvalue weighted by Crippen LogP contribution is 2.42. The van der Waals surface area contributed by atoms with Crippen molar-refractivity contribution in [3.8, 4) is 28.7 Å². The fraction of sp³-hybridized carbons (Fsp3) is 0.238. The summed E-state index contributed by atoms with van der Waals surface area (Å²) in [5, 5.41) is 24.9. The number of carbonyl (C=O) groups is 1. The lowest BCUT2D eigenvalue weighted by Crippen LogP contribution is -2.29. The van der Waals surface area contributed by atoms with Crippen LogP contribution in [0.15, 0.2) is 23.0 Å². The number of rotatable bonds is 0. The van der Waals surface area contributed by atoms with Gasteiger partial charge < -0.3 is 25.5 Å². The average Bonchev–Trinajstić information content (AvgIpc) is 3.04. The Labute approximate surface area is 181 Å². The van der Waals surface area contributed by atoms with Gasteiger partial charge in [-0.2, -0.15) is 10.4 Å². The number of pyridine rings is 1. The van der Waals surface area contributed by atoms with Crippen LogP contribution in [0.2, 0.25) is 0 Å². The quantitative estimate of drug-likeness (QED) is 0.484. The average molecular weight is 438 g/mol. The van der Waals surface area contributed by atoms with E-state index in [1.54, 1.807) is 6.92 Å². The molecule has 1 aliphatic heterocycles. The van der Waals surface area contributed by atoms with Crippen LogP contribution in [0.4, 0.5) is 10.2 Å². The van der Waals surface area contributed by atoms with E-state index < -0.39 is 29.1 Å². The van der Waals surface area contributed by atoms with Crippen LogP contribution in [0.3, 0.4) is 0 Å². The van der Waals surface area contributed by atoms with Crippen LogP contribution < -0.4 is 16.0 Å². The van der Waals surface area contributed by atoms with Gasteiger partial charge >= 0.3 is 0 Å². The molecule has 4 rings (SSSR count). The van der Waals surface area contributed by atoms with E-state index in [4.69, 9.17) is 10.5 Å². The van der Waals surface area contributed by atoms with Crippen LogP contribution in [0, 0.1) is 17.1 Å². The number of amides is 1. The molecule has 1 aliphatic rings. The zero-order valence-corrected chi connectivity index (χ0v) is 17.4. The molecule has 3 aromatic rings. The molecule has 0 fully saturated rings. The number of aryl methyl sites for hydroxylation is 1. The van der Waals surface area contributed by atoms with Crippen molar-refractivity contribution in [2.45, 2.75) is 19.6 Å². The van der Waals surface area contributed by atoms with Crippen molar-refractivity contribution < 1.29 is 19.0 Å². The highest BCUT2D eigenvalue weighted by atomic mass is 19.1. The predicted octanol–water partition coefficient (Wildman–Crippen LogP) is 1.80. The van der Waals surface area contributed by atoms with Gasteiger partial charge in [0.05, 0.1) is 23.4 Å². The van der Waals surface area contributed by atoms with E-state index in [2.05, 4.69) is 10.1 Å². The monoisotopic (exact) mass is 438 g/mol. The lowest BCUT2D eigenvalue weighted by molar-refractivity contribution is 0.0778. The molecule has 164 valence electrons. The first kappa shape index (κ1) is 20.9. The molecule has 32 heavy (non-hydrogen) atoms. The van der Waals surface area contributed by atoms with Gasteiger partial charge in [0.15, 0.2) is 11.6 Å². The molecule has 0 saturated carbocycles. The van der Waals surface area contributed by atoms with Crippen molar-refractivity contribution in [3.63, 3.8) is 0 Å². The fourth-order valence-electron chi connectivity index (χ4n) is 3.83. The number of halogens is 1. The number of nitrogens with two attached hydrogens (primary N) is 1. The number of hydrogen-bond acceptors (Lipinski definition) is 7. The molecule has 2 bridgehead atoms. The van der Waals surface area contributed by atoms with Gasteiger partial charge in [0.2, 0.25) is 5.75 Å². The van der Waals surface area contributed by atoms with Gasteiger partial charge in [-0.3, -0.25) is 14.3 Å². The lowest BCUT2D eigenvalue weighted by Gasteiger charge is -2.24. The molecular formula is C21H19FN6O4. The summed E-state index contributed by atoms with van der Waals surface area (Å²) in [5.74, 6) is -2.13. The molecule has 0 aliphatic carbocycles. The number of aromatic amines is 1. The number of nitrogen functional groups attached to an aromatic ring is 1. The topological polar surface area (TPSA) is 150 Å². The number of benzene rings is 1. The van der Waals surface area contributed by atoms with E-state index in [-0.39, 0.29) is 51.8 Å². The Kier molecular flexibility index (Phi) is 4.85. The zero-order valence-electron chi connectivity index (χ0n) is 17.4. The summed E-state index contributed by atoms with van der Waals surface area (Å²) in [6, 6.07) is 5.64. The molecule has 1 aromatic carbocycles. The number of nitrogens with one attached hydrogen (secondary N) is 1. The lowest BCUT2D eigenvalue weighted by atomic mass is 9.99. The van der Waals surface area contributed by atoms with Gasteiger partial charge in [0.25, 0.3) is 11.5 Å². The van der Waals surface area contributed by atoms with Crippen molar-refractivity contribution in [2.24, 2.45) is 7.05 Å². The number of ether oxygens (including phenoxy) is 1. The smallest absolute Gasteiger partial charge is 0.261 e. The number of aromatic nitrogens is 3. The third kappa shape index (κ3) is 3.13. The number of H-pyrrole nitrogens is 1. The second-order valence-corrected chi connectivity index (χ2v) is 7.48. The maximum absolute atomic E-state index is 14.0. The van der Waals surface area contributed by atoms with Crippen LogP contribution in [0.25, 0.3) is 11.1 Å². The van der Waals surface area contributed by atoms with Crippen molar-refractivity contribution in [1.82, 2.24) is 19.7 Å². The van der Waals surface area contributed by atoms with Gasteiger partial charge in [-0.1, -0.05) is 0 Å². The number of nitriles is 1. The fourth-order valence-corrected chi connectivity index (χ4v) is 3.83. The summed E-state index contributed by atoms with van der Waals surface area (Å²) in [4.78, 5) is 29.7. The SMILES string of the molecule is CC1Oc2c(N)[nH]c(=O)c(c2O)-c2c(nn(C)c2C#N)CN(C)C(=O)c2ccc(F)cc21. The number of fused-ring (bicyclic) bond motifs is 5. The molecule has 11 heteroatoms. The maximum Gasteiger partial charge on any atom is 0.261 e. The Morgan fingerprint density at radius 1 is 1.34 bits per heavy atom. The summed E-state index contributed by atoms with van der Waals surface area (Å²) < 4.78 is 21.1. The molecule has 3 heterocycles. The van der Waals surface area contributed by atoms with E-state index in [1.807, 2.05) is 6.07 Å². The van der Waals surface area contributed by atoms with Crippen molar-refractivity contribution in [1.29, 1.82) is 5.26 Å². The van der Waals surface area contributed by atoms with E-state index >= 15 is 0 Å². The summed E-state index contributed by atoms with van der Waals surface area (Å²) >= 11 is 0. The van der Waals surface area contributed by atoms with Gasteiger partial charge in [-0.25, -0.2) is 4.39 Å². The Hall–Kier alpha value is -4.33. The number of anilines is 1. The molecule has 0 spiro atoms. The maximum atomic E-state index is 14.0. The van der Waals surface area contributed by atoms with E-state index in [0.29, 0.717) is 0 Å². The first-order valence-corrected chi connectivity index (χ1v) is 9.56. The number of nitrogens with zero attached hydrogens (tertiary/aromatic N) is 4. The molecule has 1 unspecified atom stereocenters. The van der Waals surface area contributed by atoms with E-state index in [1.165, 1.54) is 29.7 Å². The Morgan fingerprint density at radius 2 is 2.06 bits per heavy atom. The normalized spacial score (nSPS) is 15.7. The third-order valence-electron chi connectivity index (χ3n) is 5.36. The van der Waals surface area contributed by atoms with Crippen LogP contribution in [0.5, 0.6) is 11.5 Å². The molecule has 0 radical (unpaired) electrons. The second kappa shape index (κ2) is 7.42. The predicted molar refractivity (Wildman–Crippen MR) is 111 cm³/mol. The van der Waals surface area contributed by atoms with Crippen LogP contribution >= 0.6 is 0 Å². The molecule has 10 nitrogen and oxygen atoms in total. The van der Waals surface area contributed by atoms with E-state index in [0.717, 1.165) is 12.1 Å².